The summed E-state index contributed by atoms with van der Waals surface area (Å²) in [7, 11) is 2.92. The fourth-order valence-corrected chi connectivity index (χ4v) is 2.58. The molecule has 1 aliphatic rings. The van der Waals surface area contributed by atoms with Gasteiger partial charge in [-0.05, 0) is 12.8 Å². The normalized spacial score (nSPS) is 18.3. The van der Waals surface area contributed by atoms with Crippen LogP contribution in [0.3, 0.4) is 0 Å². The molecule has 2 N–H and O–H groups in total. The molecule has 0 aromatic carbocycles. The smallest absolute Gasteiger partial charge is 0.346 e. The van der Waals surface area contributed by atoms with Crippen LogP contribution in [-0.2, 0) is 14.1 Å². The van der Waals surface area contributed by atoms with Gasteiger partial charge in [-0.2, -0.15) is 0 Å². The predicted molar refractivity (Wildman–Crippen MR) is 71.2 cm³/mol. The fourth-order valence-electron chi connectivity index (χ4n) is 2.58. The number of aromatic nitrogens is 3. The topological polar surface area (TPSA) is 89.2 Å². The lowest BCUT2D eigenvalue weighted by Gasteiger charge is -2.36. The van der Waals surface area contributed by atoms with Gasteiger partial charge < -0.3 is 10.4 Å². The van der Waals surface area contributed by atoms with Crippen molar-refractivity contribution in [2.24, 2.45) is 14.1 Å². The van der Waals surface area contributed by atoms with Crippen molar-refractivity contribution in [3.63, 3.8) is 0 Å². The molecule has 0 saturated heterocycles. The minimum absolute atomic E-state index is 0.0410. The predicted octanol–water partition coefficient (Wildman–Crippen LogP) is -0.414. The van der Waals surface area contributed by atoms with E-state index in [0.29, 0.717) is 0 Å². The standard InChI is InChI=1S/C12H20N4O3/c1-15-10(18)9(14-16(2)11(15)19)13-12(8-17)6-4-3-5-7-12/h17H,3-8H2,1-2H3,(H,13,14). The Morgan fingerprint density at radius 3 is 2.47 bits per heavy atom. The molecular weight excluding hydrogens is 248 g/mol. The third kappa shape index (κ3) is 2.56. The molecule has 1 aromatic heterocycles. The van der Waals surface area contributed by atoms with Crippen molar-refractivity contribution in [1.82, 2.24) is 14.3 Å². The van der Waals surface area contributed by atoms with E-state index >= 15 is 0 Å². The molecule has 0 atom stereocenters. The van der Waals surface area contributed by atoms with Crippen molar-refractivity contribution in [2.75, 3.05) is 11.9 Å². The van der Waals surface area contributed by atoms with Crippen LogP contribution in [-0.4, -0.2) is 31.6 Å². The molecule has 106 valence electrons. The van der Waals surface area contributed by atoms with E-state index in [2.05, 4.69) is 10.4 Å². The molecule has 0 radical (unpaired) electrons. The first-order valence-corrected chi connectivity index (χ1v) is 6.52. The van der Waals surface area contributed by atoms with Crippen LogP contribution in [0, 0.1) is 0 Å². The van der Waals surface area contributed by atoms with E-state index in [0.717, 1.165) is 41.4 Å². The van der Waals surface area contributed by atoms with Crippen LogP contribution in [0.5, 0.6) is 0 Å². The largest absolute Gasteiger partial charge is 0.394 e. The van der Waals surface area contributed by atoms with E-state index in [-0.39, 0.29) is 12.4 Å². The maximum absolute atomic E-state index is 12.0. The van der Waals surface area contributed by atoms with Gasteiger partial charge in [0.1, 0.15) is 0 Å². The van der Waals surface area contributed by atoms with Gasteiger partial charge in [-0.25, -0.2) is 9.48 Å². The summed E-state index contributed by atoms with van der Waals surface area (Å²) in [5.41, 5.74) is -1.41. The van der Waals surface area contributed by atoms with E-state index in [1.165, 1.54) is 14.1 Å². The maximum Gasteiger partial charge on any atom is 0.346 e. The number of rotatable bonds is 3. The molecule has 0 amide bonds. The van der Waals surface area contributed by atoms with Gasteiger partial charge in [0.25, 0.3) is 5.56 Å². The Labute approximate surface area is 110 Å². The lowest BCUT2D eigenvalue weighted by molar-refractivity contribution is 0.172. The first-order valence-electron chi connectivity index (χ1n) is 6.52. The molecule has 1 aromatic rings. The summed E-state index contributed by atoms with van der Waals surface area (Å²) in [6.07, 6.45) is 4.77. The Kier molecular flexibility index (Phi) is 3.75. The summed E-state index contributed by atoms with van der Waals surface area (Å²) in [4.78, 5) is 23.6. The van der Waals surface area contributed by atoms with Gasteiger partial charge in [0.05, 0.1) is 12.1 Å². The lowest BCUT2D eigenvalue weighted by Crippen LogP contribution is -2.48. The van der Waals surface area contributed by atoms with Crippen molar-refractivity contribution in [3.8, 4) is 0 Å². The maximum atomic E-state index is 12.0. The van der Waals surface area contributed by atoms with E-state index in [9.17, 15) is 14.7 Å². The summed E-state index contributed by atoms with van der Waals surface area (Å²) in [6, 6.07) is 0. The summed E-state index contributed by atoms with van der Waals surface area (Å²) in [5, 5.41) is 16.7. The molecule has 0 bridgehead atoms. The molecule has 1 aliphatic carbocycles. The van der Waals surface area contributed by atoms with Crippen LogP contribution in [0.4, 0.5) is 5.82 Å². The summed E-state index contributed by atoms with van der Waals surface area (Å²) < 4.78 is 2.14. The number of anilines is 1. The Morgan fingerprint density at radius 2 is 1.89 bits per heavy atom. The highest BCUT2D eigenvalue weighted by Gasteiger charge is 2.32. The third-order valence-electron chi connectivity index (χ3n) is 3.82. The van der Waals surface area contributed by atoms with Gasteiger partial charge >= 0.3 is 5.69 Å². The highest BCUT2D eigenvalue weighted by atomic mass is 16.3. The lowest BCUT2D eigenvalue weighted by atomic mass is 9.82. The van der Waals surface area contributed by atoms with Gasteiger partial charge in [0, 0.05) is 14.1 Å². The first kappa shape index (κ1) is 13.8. The van der Waals surface area contributed by atoms with Gasteiger partial charge in [0.2, 0.25) is 5.82 Å². The van der Waals surface area contributed by atoms with Crippen LogP contribution in [0.1, 0.15) is 32.1 Å². The van der Waals surface area contributed by atoms with Crippen molar-refractivity contribution >= 4 is 5.82 Å². The SMILES string of the molecule is Cn1nc(NC2(CO)CCCCC2)c(=O)n(C)c1=O. The number of nitrogens with zero attached hydrogens (tertiary/aromatic N) is 3. The van der Waals surface area contributed by atoms with Crippen molar-refractivity contribution in [3.05, 3.63) is 20.8 Å². The summed E-state index contributed by atoms with van der Waals surface area (Å²) in [5.74, 6) is 0.126. The molecule has 0 spiro atoms. The summed E-state index contributed by atoms with van der Waals surface area (Å²) >= 11 is 0. The zero-order chi connectivity index (χ0) is 14.0. The first-order chi connectivity index (χ1) is 8.99. The average molecular weight is 268 g/mol. The van der Waals surface area contributed by atoms with Gasteiger partial charge in [-0.15, -0.1) is 5.10 Å². The second-order valence-corrected chi connectivity index (χ2v) is 5.24. The number of aryl methyl sites for hydroxylation is 1. The van der Waals surface area contributed by atoms with Crippen LogP contribution < -0.4 is 16.6 Å². The minimum atomic E-state index is -0.491. The van der Waals surface area contributed by atoms with Crippen LogP contribution in [0.25, 0.3) is 0 Å². The highest BCUT2D eigenvalue weighted by molar-refractivity contribution is 5.34. The van der Waals surface area contributed by atoms with Gasteiger partial charge in [-0.1, -0.05) is 19.3 Å². The molecule has 1 saturated carbocycles. The number of nitrogens with one attached hydrogen (secondary N) is 1. The zero-order valence-corrected chi connectivity index (χ0v) is 11.3. The number of aliphatic hydroxyl groups excluding tert-OH is 1. The second-order valence-electron chi connectivity index (χ2n) is 5.24. The molecule has 0 aliphatic heterocycles. The Morgan fingerprint density at radius 1 is 1.26 bits per heavy atom. The number of hydrogen-bond acceptors (Lipinski definition) is 5. The molecule has 1 fully saturated rings. The minimum Gasteiger partial charge on any atom is -0.394 e. The molecular formula is C12H20N4O3. The van der Waals surface area contributed by atoms with E-state index in [1.807, 2.05) is 0 Å². The van der Waals surface area contributed by atoms with E-state index in [4.69, 9.17) is 0 Å². The molecule has 7 heteroatoms. The number of hydrogen-bond donors (Lipinski definition) is 2. The molecule has 2 rings (SSSR count). The molecule has 7 nitrogen and oxygen atoms in total. The van der Waals surface area contributed by atoms with Crippen LogP contribution in [0.15, 0.2) is 9.59 Å². The third-order valence-corrected chi connectivity index (χ3v) is 3.82. The molecule has 1 heterocycles. The highest BCUT2D eigenvalue weighted by Crippen LogP contribution is 2.29. The molecule has 0 unspecified atom stereocenters. The monoisotopic (exact) mass is 268 g/mol. The Bertz CT molecular complexity index is 569. The summed E-state index contributed by atoms with van der Waals surface area (Å²) in [6.45, 7) is -0.0410. The van der Waals surface area contributed by atoms with Crippen LogP contribution >= 0.6 is 0 Å². The van der Waals surface area contributed by atoms with Crippen molar-refractivity contribution in [2.45, 2.75) is 37.6 Å². The fraction of sp³-hybridized carbons (Fsp3) is 0.750. The van der Waals surface area contributed by atoms with Crippen molar-refractivity contribution in [1.29, 1.82) is 0 Å². The van der Waals surface area contributed by atoms with Crippen LogP contribution in [0.2, 0.25) is 0 Å². The second kappa shape index (κ2) is 5.16. The zero-order valence-electron chi connectivity index (χ0n) is 11.3. The Balaban J connectivity index is 2.38. The van der Waals surface area contributed by atoms with Gasteiger partial charge in [0.15, 0.2) is 0 Å². The van der Waals surface area contributed by atoms with Gasteiger partial charge in [-0.3, -0.25) is 9.36 Å². The van der Waals surface area contributed by atoms with E-state index in [1.54, 1.807) is 0 Å². The van der Waals surface area contributed by atoms with Crippen molar-refractivity contribution < 1.29 is 5.11 Å². The average Bonchev–Trinajstić information content (AvgIpc) is 2.43. The Hall–Kier alpha value is -1.63. The number of aliphatic hydroxyl groups is 1. The molecule has 19 heavy (non-hydrogen) atoms. The van der Waals surface area contributed by atoms with E-state index < -0.39 is 16.8 Å². The quantitative estimate of drug-likeness (QED) is 0.777.